The number of esters is 1. The van der Waals surface area contributed by atoms with Gasteiger partial charge in [0.2, 0.25) is 0 Å². The Morgan fingerprint density at radius 3 is 2.41 bits per heavy atom. The van der Waals surface area contributed by atoms with E-state index in [9.17, 15) is 9.18 Å². The van der Waals surface area contributed by atoms with Crippen LogP contribution in [0.2, 0.25) is 0 Å². The maximum atomic E-state index is 13.3. The summed E-state index contributed by atoms with van der Waals surface area (Å²) in [7, 11) is 1.38. The van der Waals surface area contributed by atoms with E-state index < -0.39 is 11.8 Å². The molecule has 0 saturated carbocycles. The second kappa shape index (κ2) is 7.65. The number of carbonyl (C=O) groups excluding carboxylic acids is 1. The lowest BCUT2D eigenvalue weighted by atomic mass is 10.1. The molecular weight excluding hydrogens is 223 g/mol. The number of hydrogen-bond acceptors (Lipinski definition) is 3. The standard InChI is InChI=1S/C11H13FO3.C2H6/c1-4-15-11(13)8-6-9(12)10(14-3)5-7(8)2;1-2/h5-6H,4H2,1-3H3;1-2H3. The second-order valence-electron chi connectivity index (χ2n) is 3.02. The minimum atomic E-state index is -0.564. The summed E-state index contributed by atoms with van der Waals surface area (Å²) in [6.45, 7) is 7.67. The molecule has 0 bridgehead atoms. The van der Waals surface area contributed by atoms with Gasteiger partial charge in [0.1, 0.15) is 0 Å². The molecule has 0 aromatic heterocycles. The van der Waals surface area contributed by atoms with Crippen LogP contribution in [0.25, 0.3) is 0 Å². The van der Waals surface area contributed by atoms with Gasteiger partial charge < -0.3 is 9.47 Å². The Morgan fingerprint density at radius 2 is 1.94 bits per heavy atom. The van der Waals surface area contributed by atoms with Crippen molar-refractivity contribution in [2.75, 3.05) is 13.7 Å². The van der Waals surface area contributed by atoms with Gasteiger partial charge in [0.05, 0.1) is 19.3 Å². The number of ether oxygens (including phenoxy) is 2. The van der Waals surface area contributed by atoms with Crippen LogP contribution < -0.4 is 4.74 Å². The van der Waals surface area contributed by atoms with Gasteiger partial charge in [0.25, 0.3) is 0 Å². The summed E-state index contributed by atoms with van der Waals surface area (Å²) in [6.07, 6.45) is 0. The molecule has 0 radical (unpaired) electrons. The molecular formula is C13H19FO3. The summed E-state index contributed by atoms with van der Waals surface area (Å²) < 4.78 is 22.9. The molecule has 0 atom stereocenters. The Kier molecular flexibility index (Phi) is 6.94. The van der Waals surface area contributed by atoms with Crippen molar-refractivity contribution < 1.29 is 18.7 Å². The Balaban J connectivity index is 0.00000121. The Labute approximate surface area is 102 Å². The molecule has 3 nitrogen and oxygen atoms in total. The molecule has 0 fully saturated rings. The normalized spacial score (nSPS) is 9.06. The molecule has 0 spiro atoms. The first-order chi connectivity index (χ1) is 8.10. The highest BCUT2D eigenvalue weighted by atomic mass is 19.1. The monoisotopic (exact) mass is 242 g/mol. The average Bonchev–Trinajstić information content (AvgIpc) is 2.34. The van der Waals surface area contributed by atoms with Crippen LogP contribution in [0, 0.1) is 12.7 Å². The number of hydrogen-bond donors (Lipinski definition) is 0. The van der Waals surface area contributed by atoms with Gasteiger partial charge in [-0.1, -0.05) is 13.8 Å². The van der Waals surface area contributed by atoms with E-state index in [1.165, 1.54) is 13.2 Å². The summed E-state index contributed by atoms with van der Waals surface area (Å²) >= 11 is 0. The zero-order valence-corrected chi connectivity index (χ0v) is 11.0. The van der Waals surface area contributed by atoms with E-state index >= 15 is 0 Å². The molecule has 17 heavy (non-hydrogen) atoms. The first-order valence-electron chi connectivity index (χ1n) is 5.61. The minimum absolute atomic E-state index is 0.126. The Hall–Kier alpha value is -1.58. The summed E-state index contributed by atoms with van der Waals surface area (Å²) in [4.78, 5) is 11.4. The Bertz CT molecular complexity index is 375. The number of aryl methyl sites for hydroxylation is 1. The lowest BCUT2D eigenvalue weighted by Crippen LogP contribution is -2.07. The van der Waals surface area contributed by atoms with Gasteiger partial charge in [-0.2, -0.15) is 0 Å². The van der Waals surface area contributed by atoms with Crippen molar-refractivity contribution in [3.05, 3.63) is 29.1 Å². The molecule has 1 aromatic carbocycles. The van der Waals surface area contributed by atoms with Crippen LogP contribution in [0.3, 0.4) is 0 Å². The smallest absolute Gasteiger partial charge is 0.338 e. The van der Waals surface area contributed by atoms with Crippen molar-refractivity contribution in [1.82, 2.24) is 0 Å². The third-order valence-corrected chi connectivity index (χ3v) is 1.99. The average molecular weight is 242 g/mol. The summed E-state index contributed by atoms with van der Waals surface area (Å²) in [5, 5.41) is 0. The molecule has 1 rings (SSSR count). The van der Waals surface area contributed by atoms with E-state index in [1.807, 2.05) is 13.8 Å². The molecule has 0 aliphatic rings. The Morgan fingerprint density at radius 1 is 1.35 bits per heavy atom. The zero-order valence-electron chi connectivity index (χ0n) is 11.0. The van der Waals surface area contributed by atoms with Crippen molar-refractivity contribution in [1.29, 1.82) is 0 Å². The summed E-state index contributed by atoms with van der Waals surface area (Å²) in [5.74, 6) is -0.955. The zero-order chi connectivity index (χ0) is 13.4. The predicted octanol–water partition coefficient (Wildman–Crippen LogP) is 3.35. The predicted molar refractivity (Wildman–Crippen MR) is 65.0 cm³/mol. The van der Waals surface area contributed by atoms with Crippen LogP contribution in [0.1, 0.15) is 36.7 Å². The van der Waals surface area contributed by atoms with Gasteiger partial charge in [-0.15, -0.1) is 0 Å². The fourth-order valence-electron chi connectivity index (χ4n) is 1.24. The van der Waals surface area contributed by atoms with Crippen LogP contribution in [-0.2, 0) is 4.74 Å². The molecule has 96 valence electrons. The molecule has 0 saturated heterocycles. The van der Waals surface area contributed by atoms with Gasteiger partial charge in [0, 0.05) is 0 Å². The van der Waals surface area contributed by atoms with E-state index in [0.29, 0.717) is 5.56 Å². The van der Waals surface area contributed by atoms with Gasteiger partial charge >= 0.3 is 5.97 Å². The van der Waals surface area contributed by atoms with Crippen LogP contribution >= 0.6 is 0 Å². The van der Waals surface area contributed by atoms with E-state index in [-0.39, 0.29) is 17.9 Å². The first-order valence-corrected chi connectivity index (χ1v) is 5.61. The third kappa shape index (κ3) is 4.06. The fourth-order valence-corrected chi connectivity index (χ4v) is 1.24. The lowest BCUT2D eigenvalue weighted by Gasteiger charge is -2.08. The van der Waals surface area contributed by atoms with Gasteiger partial charge in [0.15, 0.2) is 11.6 Å². The molecule has 0 unspecified atom stereocenters. The number of benzene rings is 1. The maximum Gasteiger partial charge on any atom is 0.338 e. The van der Waals surface area contributed by atoms with Crippen molar-refractivity contribution in [2.45, 2.75) is 27.7 Å². The molecule has 1 aromatic rings. The van der Waals surface area contributed by atoms with E-state index in [4.69, 9.17) is 9.47 Å². The molecule has 0 heterocycles. The molecule has 0 aliphatic carbocycles. The van der Waals surface area contributed by atoms with Crippen LogP contribution in [0.15, 0.2) is 12.1 Å². The topological polar surface area (TPSA) is 35.5 Å². The van der Waals surface area contributed by atoms with Crippen molar-refractivity contribution in [2.24, 2.45) is 0 Å². The summed E-state index contributed by atoms with van der Waals surface area (Å²) in [5.41, 5.74) is 0.863. The lowest BCUT2D eigenvalue weighted by molar-refractivity contribution is 0.0525. The van der Waals surface area contributed by atoms with Crippen LogP contribution in [-0.4, -0.2) is 19.7 Å². The number of halogens is 1. The highest BCUT2D eigenvalue weighted by molar-refractivity contribution is 5.91. The quantitative estimate of drug-likeness (QED) is 0.762. The number of rotatable bonds is 3. The van der Waals surface area contributed by atoms with Crippen molar-refractivity contribution in [3.8, 4) is 5.75 Å². The van der Waals surface area contributed by atoms with Crippen LogP contribution in [0.5, 0.6) is 5.75 Å². The third-order valence-electron chi connectivity index (χ3n) is 1.99. The maximum absolute atomic E-state index is 13.3. The SMILES string of the molecule is CC.CCOC(=O)c1cc(F)c(OC)cc1C. The molecule has 4 heteroatoms. The van der Waals surface area contributed by atoms with Crippen molar-refractivity contribution >= 4 is 5.97 Å². The minimum Gasteiger partial charge on any atom is -0.494 e. The van der Waals surface area contributed by atoms with Crippen molar-refractivity contribution in [3.63, 3.8) is 0 Å². The van der Waals surface area contributed by atoms with E-state index in [2.05, 4.69) is 0 Å². The van der Waals surface area contributed by atoms with Gasteiger partial charge in [-0.05, 0) is 31.5 Å². The van der Waals surface area contributed by atoms with Gasteiger partial charge in [-0.25, -0.2) is 9.18 Å². The molecule has 0 amide bonds. The number of methoxy groups -OCH3 is 1. The summed E-state index contributed by atoms with van der Waals surface area (Å²) in [6, 6.07) is 2.60. The second-order valence-corrected chi connectivity index (χ2v) is 3.02. The van der Waals surface area contributed by atoms with Gasteiger partial charge in [-0.3, -0.25) is 0 Å². The van der Waals surface area contributed by atoms with E-state index in [1.54, 1.807) is 13.8 Å². The molecule has 0 aliphatic heterocycles. The highest BCUT2D eigenvalue weighted by Crippen LogP contribution is 2.22. The highest BCUT2D eigenvalue weighted by Gasteiger charge is 2.14. The largest absolute Gasteiger partial charge is 0.494 e. The number of carbonyl (C=O) groups is 1. The van der Waals surface area contributed by atoms with E-state index in [0.717, 1.165) is 6.07 Å². The fraction of sp³-hybridized carbons (Fsp3) is 0.462. The molecule has 0 N–H and O–H groups in total. The van der Waals surface area contributed by atoms with Crippen LogP contribution in [0.4, 0.5) is 4.39 Å². The first kappa shape index (κ1) is 15.4.